The summed E-state index contributed by atoms with van der Waals surface area (Å²) >= 11 is 1.95. The van der Waals surface area contributed by atoms with E-state index < -0.39 is 0 Å². The van der Waals surface area contributed by atoms with Crippen molar-refractivity contribution in [2.24, 2.45) is 11.8 Å². The number of hydrogen-bond donors (Lipinski definition) is 1. The first-order valence-electron chi connectivity index (χ1n) is 7.57. The van der Waals surface area contributed by atoms with Crippen molar-refractivity contribution in [1.29, 1.82) is 0 Å². The van der Waals surface area contributed by atoms with Crippen LogP contribution in [0.4, 0.5) is 0 Å². The largest absolute Gasteiger partial charge is 0.359 e. The van der Waals surface area contributed by atoms with Crippen LogP contribution in [0.5, 0.6) is 0 Å². The Morgan fingerprint density at radius 1 is 1.45 bits per heavy atom. The summed E-state index contributed by atoms with van der Waals surface area (Å²) in [7, 11) is 1.72. The van der Waals surface area contributed by atoms with Crippen LogP contribution < -0.4 is 5.32 Å². The van der Waals surface area contributed by atoms with Crippen LogP contribution in [-0.2, 0) is 17.8 Å². The Bertz CT molecular complexity index is 441. The second-order valence-corrected chi connectivity index (χ2v) is 7.49. The average Bonchev–Trinajstić information content (AvgIpc) is 2.99. The van der Waals surface area contributed by atoms with Crippen LogP contribution in [0.25, 0.3) is 0 Å². The van der Waals surface area contributed by atoms with E-state index in [-0.39, 0.29) is 5.91 Å². The van der Waals surface area contributed by atoms with E-state index in [9.17, 15) is 4.79 Å². The molecule has 1 fully saturated rings. The molecule has 1 saturated heterocycles. The minimum Gasteiger partial charge on any atom is -0.359 e. The second kappa shape index (κ2) is 7.23. The maximum Gasteiger partial charge on any atom is 0.220 e. The first kappa shape index (κ1) is 15.5. The van der Waals surface area contributed by atoms with E-state index in [2.05, 4.69) is 36.2 Å². The lowest BCUT2D eigenvalue weighted by Crippen LogP contribution is -2.24. The van der Waals surface area contributed by atoms with Gasteiger partial charge in [0.2, 0.25) is 5.91 Å². The summed E-state index contributed by atoms with van der Waals surface area (Å²) in [5.41, 5.74) is 0. The van der Waals surface area contributed by atoms with E-state index in [1.54, 1.807) is 7.05 Å². The van der Waals surface area contributed by atoms with Gasteiger partial charge < -0.3 is 5.32 Å². The van der Waals surface area contributed by atoms with E-state index in [0.29, 0.717) is 12.3 Å². The number of rotatable bonds is 6. The van der Waals surface area contributed by atoms with Crippen LogP contribution in [-0.4, -0.2) is 30.9 Å². The molecule has 0 bridgehead atoms. The summed E-state index contributed by atoms with van der Waals surface area (Å²) in [5, 5.41) is 2.72. The Labute approximate surface area is 126 Å². The van der Waals surface area contributed by atoms with Gasteiger partial charge in [-0.2, -0.15) is 0 Å². The van der Waals surface area contributed by atoms with Crippen molar-refractivity contribution in [1.82, 2.24) is 10.2 Å². The maximum atomic E-state index is 11.4. The number of hydrogen-bond acceptors (Lipinski definition) is 3. The van der Waals surface area contributed by atoms with Gasteiger partial charge in [0.25, 0.3) is 0 Å². The molecule has 0 radical (unpaired) electrons. The van der Waals surface area contributed by atoms with Crippen LogP contribution in [0, 0.1) is 11.8 Å². The number of carbonyl (C=O) groups excluding carboxylic acids is 1. The fourth-order valence-corrected chi connectivity index (χ4v) is 4.10. The second-order valence-electron chi connectivity index (χ2n) is 6.23. The smallest absolute Gasteiger partial charge is 0.220 e. The van der Waals surface area contributed by atoms with E-state index >= 15 is 0 Å². The normalized spacial score (nSPS) is 19.7. The Morgan fingerprint density at radius 3 is 2.90 bits per heavy atom. The molecule has 4 heteroatoms. The van der Waals surface area contributed by atoms with Crippen LogP contribution in [0.3, 0.4) is 0 Å². The Morgan fingerprint density at radius 2 is 2.20 bits per heavy atom. The van der Waals surface area contributed by atoms with Gasteiger partial charge >= 0.3 is 0 Å². The lowest BCUT2D eigenvalue weighted by atomic mass is 10.1. The van der Waals surface area contributed by atoms with E-state index in [1.807, 2.05) is 11.3 Å². The van der Waals surface area contributed by atoms with Gasteiger partial charge in [-0.1, -0.05) is 13.8 Å². The summed E-state index contributed by atoms with van der Waals surface area (Å²) in [6.07, 6.45) is 3.01. The summed E-state index contributed by atoms with van der Waals surface area (Å²) < 4.78 is 0. The zero-order valence-corrected chi connectivity index (χ0v) is 13.6. The lowest BCUT2D eigenvalue weighted by molar-refractivity contribution is -0.121. The Balaban J connectivity index is 1.80. The molecule has 112 valence electrons. The maximum absolute atomic E-state index is 11.4. The molecule has 1 aromatic heterocycles. The molecular weight excluding hydrogens is 268 g/mol. The zero-order chi connectivity index (χ0) is 14.5. The lowest BCUT2D eigenvalue weighted by Gasteiger charge is -2.14. The molecule has 0 saturated carbocycles. The van der Waals surface area contributed by atoms with Gasteiger partial charge in [0.1, 0.15) is 0 Å². The highest BCUT2D eigenvalue weighted by Gasteiger charge is 2.24. The van der Waals surface area contributed by atoms with Crippen molar-refractivity contribution >= 4 is 17.2 Å². The fourth-order valence-electron chi connectivity index (χ4n) is 2.83. The van der Waals surface area contributed by atoms with Crippen molar-refractivity contribution in [3.05, 3.63) is 21.9 Å². The molecule has 2 rings (SSSR count). The fraction of sp³-hybridized carbons (Fsp3) is 0.688. The highest BCUT2D eigenvalue weighted by atomic mass is 32.1. The zero-order valence-electron chi connectivity index (χ0n) is 12.8. The highest BCUT2D eigenvalue weighted by Crippen LogP contribution is 2.25. The van der Waals surface area contributed by atoms with Crippen LogP contribution in [0.2, 0.25) is 0 Å². The molecule has 2 heterocycles. The number of carbonyl (C=O) groups is 1. The molecular formula is C16H26N2OS. The van der Waals surface area contributed by atoms with Crippen molar-refractivity contribution in [2.45, 2.75) is 39.7 Å². The van der Waals surface area contributed by atoms with Gasteiger partial charge in [0.15, 0.2) is 0 Å². The van der Waals surface area contributed by atoms with Gasteiger partial charge in [0.05, 0.1) is 0 Å². The number of likely N-dealkylation sites (tertiary alicyclic amines) is 1. The molecule has 0 aromatic carbocycles. The van der Waals surface area contributed by atoms with Crippen molar-refractivity contribution in [3.8, 4) is 0 Å². The number of thiophene rings is 1. The molecule has 0 aliphatic carbocycles. The van der Waals surface area contributed by atoms with Gasteiger partial charge in [-0.05, 0) is 43.4 Å². The SMILES string of the molecule is CNC(=O)C[C@H]1CCN(Cc2ccc(CC(C)C)s2)C1. The molecule has 0 spiro atoms. The molecule has 0 unspecified atom stereocenters. The van der Waals surface area contributed by atoms with Crippen molar-refractivity contribution < 1.29 is 4.79 Å². The predicted molar refractivity (Wildman–Crippen MR) is 84.9 cm³/mol. The molecule has 3 nitrogen and oxygen atoms in total. The summed E-state index contributed by atoms with van der Waals surface area (Å²) in [6, 6.07) is 4.55. The number of nitrogens with zero attached hydrogens (tertiary/aromatic N) is 1. The van der Waals surface area contributed by atoms with E-state index in [1.165, 1.54) is 16.2 Å². The van der Waals surface area contributed by atoms with E-state index in [0.717, 1.165) is 32.0 Å². The topological polar surface area (TPSA) is 32.3 Å². The first-order chi connectivity index (χ1) is 9.56. The molecule has 1 aliphatic rings. The van der Waals surface area contributed by atoms with Crippen molar-refractivity contribution in [2.75, 3.05) is 20.1 Å². The van der Waals surface area contributed by atoms with Crippen LogP contribution >= 0.6 is 11.3 Å². The third-order valence-electron chi connectivity index (χ3n) is 3.83. The summed E-state index contributed by atoms with van der Waals surface area (Å²) in [5.74, 6) is 1.43. The van der Waals surface area contributed by atoms with Gasteiger partial charge in [-0.25, -0.2) is 0 Å². The average molecular weight is 294 g/mol. The first-order valence-corrected chi connectivity index (χ1v) is 8.39. The minimum absolute atomic E-state index is 0.173. The molecule has 20 heavy (non-hydrogen) atoms. The molecule has 1 atom stereocenters. The number of nitrogens with one attached hydrogen (secondary N) is 1. The third-order valence-corrected chi connectivity index (χ3v) is 4.92. The third kappa shape index (κ3) is 4.60. The highest BCUT2D eigenvalue weighted by molar-refractivity contribution is 7.11. The van der Waals surface area contributed by atoms with Crippen molar-refractivity contribution in [3.63, 3.8) is 0 Å². The monoisotopic (exact) mass is 294 g/mol. The minimum atomic E-state index is 0.173. The number of amides is 1. The molecule has 1 N–H and O–H groups in total. The van der Waals surface area contributed by atoms with Gasteiger partial charge in [0, 0.05) is 36.3 Å². The standard InChI is InChI=1S/C16H26N2OS/c1-12(2)8-14-4-5-15(20-14)11-18-7-6-13(10-18)9-16(19)17-3/h4-5,12-13H,6-11H2,1-3H3,(H,17,19)/t13-/m1/s1. The molecule has 1 aromatic rings. The van der Waals surface area contributed by atoms with Crippen LogP contribution in [0.1, 0.15) is 36.4 Å². The van der Waals surface area contributed by atoms with E-state index in [4.69, 9.17) is 0 Å². The predicted octanol–water partition coefficient (Wildman–Crippen LogP) is 2.90. The van der Waals surface area contributed by atoms with Gasteiger partial charge in [-0.3, -0.25) is 9.69 Å². The van der Waals surface area contributed by atoms with Gasteiger partial charge in [-0.15, -0.1) is 11.3 Å². The quantitative estimate of drug-likeness (QED) is 0.875. The summed E-state index contributed by atoms with van der Waals surface area (Å²) in [6.45, 7) is 7.77. The summed E-state index contributed by atoms with van der Waals surface area (Å²) in [4.78, 5) is 16.9. The van der Waals surface area contributed by atoms with Crippen LogP contribution in [0.15, 0.2) is 12.1 Å². The Kier molecular flexibility index (Phi) is 5.61. The Hall–Kier alpha value is -0.870. The molecule has 1 amide bonds. The molecule has 1 aliphatic heterocycles.